The van der Waals surface area contributed by atoms with E-state index in [0.29, 0.717) is 59.3 Å². The summed E-state index contributed by atoms with van der Waals surface area (Å²) in [5, 5.41) is 11.6. The van der Waals surface area contributed by atoms with Crippen LogP contribution in [0, 0.1) is 23.7 Å². The van der Waals surface area contributed by atoms with Crippen LogP contribution in [0.25, 0.3) is 16.9 Å². The number of carbonyl (C=O) groups is 3. The molecule has 328 valence electrons. The molecule has 2 N–H and O–H groups in total. The van der Waals surface area contributed by atoms with Gasteiger partial charge in [-0.25, -0.2) is 4.68 Å². The molecule has 0 saturated heterocycles. The smallest absolute Gasteiger partial charge is 0.272 e. The first-order chi connectivity index (χ1) is 28.7. The molecule has 1 aromatic heterocycles. The summed E-state index contributed by atoms with van der Waals surface area (Å²) in [5.41, 5.74) is 2.71. The Morgan fingerprint density at radius 1 is 0.883 bits per heavy atom. The average Bonchev–Trinajstić information content (AvgIpc) is 3.87. The van der Waals surface area contributed by atoms with Gasteiger partial charge in [0, 0.05) is 31.7 Å². The van der Waals surface area contributed by atoms with Crippen molar-refractivity contribution in [2.45, 2.75) is 103 Å². The lowest BCUT2D eigenvalue weighted by Crippen LogP contribution is -2.66. The highest BCUT2D eigenvalue weighted by Gasteiger charge is 2.66. The normalized spacial score (nSPS) is 21.7. The first kappa shape index (κ1) is 45.1. The Labute approximate surface area is 358 Å². The van der Waals surface area contributed by atoms with Gasteiger partial charge in [0.1, 0.15) is 17.0 Å². The van der Waals surface area contributed by atoms with Crippen LogP contribution in [0.3, 0.4) is 0 Å². The lowest BCUT2D eigenvalue weighted by atomic mass is 9.69. The van der Waals surface area contributed by atoms with E-state index in [1.165, 1.54) is 0 Å². The minimum atomic E-state index is -0.967. The monoisotopic (exact) mass is 826 g/mol. The molecule has 12 heteroatoms. The van der Waals surface area contributed by atoms with Crippen LogP contribution in [0.4, 0.5) is 0 Å². The van der Waals surface area contributed by atoms with Crippen molar-refractivity contribution in [3.05, 3.63) is 59.3 Å². The predicted octanol–water partition coefficient (Wildman–Crippen LogP) is 7.26. The second-order valence-electron chi connectivity index (χ2n) is 18.4. The van der Waals surface area contributed by atoms with Crippen molar-refractivity contribution in [3.63, 3.8) is 0 Å². The molecule has 7 rings (SSSR count). The maximum atomic E-state index is 14.7. The molecule has 4 bridgehead atoms. The van der Waals surface area contributed by atoms with Crippen molar-refractivity contribution < 1.29 is 23.9 Å². The zero-order valence-corrected chi connectivity index (χ0v) is 38.0. The highest BCUT2D eigenvalue weighted by molar-refractivity contribution is 6.00. The van der Waals surface area contributed by atoms with E-state index in [2.05, 4.69) is 69.1 Å². The second kappa shape index (κ2) is 19.5. The first-order valence-corrected chi connectivity index (χ1v) is 22.4. The van der Waals surface area contributed by atoms with Gasteiger partial charge in [-0.05, 0) is 164 Å². The zero-order chi connectivity index (χ0) is 43.3. The molecular weight excluding hydrogens is 755 g/mol. The Hall–Kier alpha value is -4.42. The standard InChI is InChI=1S/C48H71N7O5/c1-11-12-20-49-47(58)48(36-26-33-25-35(28-36)38(48)27-33)50-45(56)39-30-41(44-42(59-9)16-13-17-43(44)60-10)55(51-39)40-19-18-34(29-37(40)31(2)3)46(57)54(8)24-15-22-52(6)21-14-23-53(7)32(4)5/h13,16-19,29-33,35-36,38H,11-12,14-15,20-28H2,1-10H3,(H,49,58)(H,50,56). The number of ether oxygens (including phenoxy) is 2. The van der Waals surface area contributed by atoms with Crippen LogP contribution in [0.2, 0.25) is 0 Å². The molecule has 4 aliphatic carbocycles. The van der Waals surface area contributed by atoms with Crippen LogP contribution in [-0.4, -0.2) is 122 Å². The van der Waals surface area contributed by atoms with Crippen LogP contribution in [0.15, 0.2) is 42.5 Å². The van der Waals surface area contributed by atoms with Gasteiger partial charge in [0.2, 0.25) is 5.91 Å². The number of aromatic nitrogens is 2. The molecule has 0 radical (unpaired) electrons. The van der Waals surface area contributed by atoms with Gasteiger partial charge in [0.05, 0.1) is 31.2 Å². The van der Waals surface area contributed by atoms with Crippen molar-refractivity contribution >= 4 is 17.7 Å². The number of hydrogen-bond acceptors (Lipinski definition) is 8. The summed E-state index contributed by atoms with van der Waals surface area (Å²) in [6, 6.07) is 13.6. The maximum absolute atomic E-state index is 14.7. The van der Waals surface area contributed by atoms with Gasteiger partial charge >= 0.3 is 0 Å². The SMILES string of the molecule is CCCCNC(=O)C1(NC(=O)c2cc(-c3c(OC)cccc3OC)n(-c3ccc(C(=O)N(C)CCCN(C)CCCN(C)C(C)C)cc3C(C)C)n2)C2CC3CC(C2)C1C3. The van der Waals surface area contributed by atoms with Crippen LogP contribution < -0.4 is 20.1 Å². The van der Waals surface area contributed by atoms with Gasteiger partial charge in [-0.2, -0.15) is 5.10 Å². The molecule has 1 heterocycles. The third-order valence-corrected chi connectivity index (χ3v) is 13.8. The molecule has 4 aliphatic rings. The van der Waals surface area contributed by atoms with Gasteiger partial charge in [-0.15, -0.1) is 0 Å². The summed E-state index contributed by atoms with van der Waals surface area (Å²) in [6.07, 6.45) is 7.87. The topological polar surface area (TPSA) is 121 Å². The molecule has 2 aromatic carbocycles. The minimum absolute atomic E-state index is 0.00905. The summed E-state index contributed by atoms with van der Waals surface area (Å²) < 4.78 is 13.5. The average molecular weight is 826 g/mol. The lowest BCUT2D eigenvalue weighted by molar-refractivity contribution is -0.132. The number of benzene rings is 2. The number of carbonyl (C=O) groups excluding carboxylic acids is 3. The second-order valence-corrected chi connectivity index (χ2v) is 18.4. The van der Waals surface area contributed by atoms with Gasteiger partial charge < -0.3 is 34.8 Å². The first-order valence-electron chi connectivity index (χ1n) is 22.4. The maximum Gasteiger partial charge on any atom is 0.272 e. The van der Waals surface area contributed by atoms with E-state index in [1.54, 1.807) is 29.9 Å². The largest absolute Gasteiger partial charge is 0.496 e. The Balaban J connectivity index is 1.30. The Morgan fingerprint density at radius 3 is 2.22 bits per heavy atom. The highest BCUT2D eigenvalue weighted by atomic mass is 16.5. The fourth-order valence-electron chi connectivity index (χ4n) is 10.3. The Kier molecular flexibility index (Phi) is 14.7. The van der Waals surface area contributed by atoms with Gasteiger partial charge in [-0.1, -0.05) is 33.3 Å². The summed E-state index contributed by atoms with van der Waals surface area (Å²) in [7, 11) is 9.40. The van der Waals surface area contributed by atoms with E-state index in [4.69, 9.17) is 14.6 Å². The predicted molar refractivity (Wildman–Crippen MR) is 238 cm³/mol. The summed E-state index contributed by atoms with van der Waals surface area (Å²) in [6.45, 7) is 15.0. The molecule has 0 aliphatic heterocycles. The fraction of sp³-hybridized carbons (Fsp3) is 0.625. The molecule has 4 saturated carbocycles. The summed E-state index contributed by atoms with van der Waals surface area (Å²) in [4.78, 5) is 49.4. The number of nitrogens with one attached hydrogen (secondary N) is 2. The molecule has 12 nitrogen and oxygen atoms in total. The molecule has 3 amide bonds. The highest BCUT2D eigenvalue weighted by Crippen LogP contribution is 2.63. The van der Waals surface area contributed by atoms with E-state index >= 15 is 0 Å². The van der Waals surface area contributed by atoms with Gasteiger partial charge in [-0.3, -0.25) is 14.4 Å². The van der Waals surface area contributed by atoms with Crippen LogP contribution >= 0.6 is 0 Å². The molecular formula is C48H71N7O5. The summed E-state index contributed by atoms with van der Waals surface area (Å²) >= 11 is 0. The van der Waals surface area contributed by atoms with E-state index < -0.39 is 5.54 Å². The van der Waals surface area contributed by atoms with Crippen LogP contribution in [0.1, 0.15) is 118 Å². The van der Waals surface area contributed by atoms with Crippen molar-refractivity contribution in [1.82, 2.24) is 35.1 Å². The van der Waals surface area contributed by atoms with Crippen molar-refractivity contribution in [1.29, 1.82) is 0 Å². The van der Waals surface area contributed by atoms with Crippen LogP contribution in [-0.2, 0) is 4.79 Å². The molecule has 5 unspecified atom stereocenters. The molecule has 3 aromatic rings. The number of hydrogen-bond donors (Lipinski definition) is 2. The minimum Gasteiger partial charge on any atom is -0.496 e. The Morgan fingerprint density at radius 2 is 1.58 bits per heavy atom. The Bertz CT molecular complexity index is 1950. The van der Waals surface area contributed by atoms with Crippen LogP contribution in [0.5, 0.6) is 11.5 Å². The van der Waals surface area contributed by atoms with Crippen molar-refractivity contribution in [3.8, 4) is 28.4 Å². The molecule has 60 heavy (non-hydrogen) atoms. The van der Waals surface area contributed by atoms with Crippen molar-refractivity contribution in [2.75, 3.05) is 68.1 Å². The van der Waals surface area contributed by atoms with Crippen molar-refractivity contribution in [2.24, 2.45) is 23.7 Å². The number of amides is 3. The number of unbranched alkanes of at least 4 members (excludes halogenated alkanes) is 1. The third-order valence-electron chi connectivity index (χ3n) is 13.8. The number of methoxy groups -OCH3 is 2. The number of rotatable bonds is 21. The summed E-state index contributed by atoms with van der Waals surface area (Å²) in [5.74, 6) is 1.93. The van der Waals surface area contributed by atoms with E-state index in [9.17, 15) is 14.4 Å². The third kappa shape index (κ3) is 9.25. The molecule has 5 atom stereocenters. The van der Waals surface area contributed by atoms with E-state index in [-0.39, 0.29) is 41.2 Å². The quantitative estimate of drug-likeness (QED) is 0.108. The van der Waals surface area contributed by atoms with E-state index in [0.717, 1.165) is 82.3 Å². The zero-order valence-electron chi connectivity index (χ0n) is 38.0. The van der Waals surface area contributed by atoms with Gasteiger partial charge in [0.15, 0.2) is 5.69 Å². The lowest BCUT2D eigenvalue weighted by Gasteiger charge is -2.43. The fourth-order valence-corrected chi connectivity index (χ4v) is 10.3. The number of nitrogens with zero attached hydrogens (tertiary/aromatic N) is 5. The molecule has 0 spiro atoms. The molecule has 4 fully saturated rings. The van der Waals surface area contributed by atoms with E-state index in [1.807, 2.05) is 43.4 Å². The van der Waals surface area contributed by atoms with Gasteiger partial charge in [0.25, 0.3) is 11.8 Å².